The molecule has 0 saturated carbocycles. The van der Waals surface area contributed by atoms with E-state index < -0.39 is 12.1 Å². The number of hydrogen-bond acceptors (Lipinski definition) is 6. The smallest absolute Gasteiger partial charge is 0.306 e. The number of allylic oxidation sites excluding steroid dienone is 20. The molecule has 0 aliphatic carbocycles. The van der Waals surface area contributed by atoms with Crippen molar-refractivity contribution in [3.05, 3.63) is 122 Å². The van der Waals surface area contributed by atoms with Gasteiger partial charge in [0.2, 0.25) is 0 Å². The van der Waals surface area contributed by atoms with Crippen LogP contribution < -0.4 is 0 Å². The Morgan fingerprint density at radius 2 is 0.494 bits per heavy atom. The predicted molar refractivity (Wildman–Crippen MR) is 362 cm³/mol. The maximum absolute atomic E-state index is 12.9. The molecule has 0 saturated heterocycles. The summed E-state index contributed by atoms with van der Waals surface area (Å²) in [6.45, 7) is 6.46. The van der Waals surface area contributed by atoms with E-state index >= 15 is 0 Å². The van der Waals surface area contributed by atoms with Crippen molar-refractivity contribution in [3.8, 4) is 0 Å². The zero-order valence-corrected chi connectivity index (χ0v) is 54.4. The fraction of sp³-hybridized carbons (Fsp3) is 0.701. The fourth-order valence-electron chi connectivity index (χ4n) is 9.71. The van der Waals surface area contributed by atoms with Gasteiger partial charge in [-0.05, 0) is 122 Å². The molecule has 6 heteroatoms. The minimum absolute atomic E-state index is 0.110. The molecule has 0 bridgehead atoms. The zero-order valence-electron chi connectivity index (χ0n) is 54.4. The monoisotopic (exact) mass is 1150 g/mol. The summed E-state index contributed by atoms with van der Waals surface area (Å²) in [7, 11) is 0. The van der Waals surface area contributed by atoms with E-state index in [1.54, 1.807) is 0 Å². The Kier molecular flexibility index (Phi) is 66.7. The summed E-state index contributed by atoms with van der Waals surface area (Å²) in [4.78, 5) is 38.4. The van der Waals surface area contributed by atoms with Gasteiger partial charge in [-0.2, -0.15) is 0 Å². The zero-order chi connectivity index (χ0) is 59.9. The normalized spacial score (nSPS) is 12.9. The molecule has 0 spiro atoms. The van der Waals surface area contributed by atoms with Crippen LogP contribution in [0.4, 0.5) is 0 Å². The molecule has 0 fully saturated rings. The van der Waals surface area contributed by atoms with Crippen LogP contribution in [0.1, 0.15) is 329 Å². The van der Waals surface area contributed by atoms with Gasteiger partial charge >= 0.3 is 17.9 Å². The summed E-state index contributed by atoms with van der Waals surface area (Å²) in [5, 5.41) is 0. The number of carbonyl (C=O) groups is 3. The number of unbranched alkanes of at least 4 members (excludes halogenated alkanes) is 32. The largest absolute Gasteiger partial charge is 0.462 e. The van der Waals surface area contributed by atoms with Crippen molar-refractivity contribution >= 4 is 17.9 Å². The molecule has 0 radical (unpaired) electrons. The Labute approximate surface area is 513 Å². The van der Waals surface area contributed by atoms with Gasteiger partial charge in [-0.3, -0.25) is 14.4 Å². The maximum Gasteiger partial charge on any atom is 0.306 e. The first-order valence-corrected chi connectivity index (χ1v) is 35.0. The first-order chi connectivity index (χ1) is 41.0. The molecule has 0 aromatic rings. The third kappa shape index (κ3) is 68.5. The maximum atomic E-state index is 12.9. The Balaban J connectivity index is 4.41. The highest BCUT2D eigenvalue weighted by atomic mass is 16.6. The quantitative estimate of drug-likeness (QED) is 0.0261. The van der Waals surface area contributed by atoms with Gasteiger partial charge in [0.1, 0.15) is 13.2 Å². The Bertz CT molecular complexity index is 1700. The van der Waals surface area contributed by atoms with Crippen LogP contribution in [0.5, 0.6) is 0 Å². The molecule has 6 nitrogen and oxygen atoms in total. The third-order valence-corrected chi connectivity index (χ3v) is 14.9. The Hall–Kier alpha value is -4.19. The molecule has 1 unspecified atom stereocenters. The van der Waals surface area contributed by atoms with E-state index in [1.165, 1.54) is 193 Å². The van der Waals surface area contributed by atoms with Crippen molar-refractivity contribution in [2.75, 3.05) is 13.2 Å². The van der Waals surface area contributed by atoms with Crippen molar-refractivity contribution in [2.45, 2.75) is 335 Å². The summed E-state index contributed by atoms with van der Waals surface area (Å²) in [5.41, 5.74) is 0. The molecule has 83 heavy (non-hydrogen) atoms. The summed E-state index contributed by atoms with van der Waals surface area (Å²) in [5.74, 6) is -0.989. The molecule has 0 amide bonds. The van der Waals surface area contributed by atoms with Crippen LogP contribution in [0.3, 0.4) is 0 Å². The highest BCUT2D eigenvalue weighted by Gasteiger charge is 2.19. The minimum Gasteiger partial charge on any atom is -0.462 e. The van der Waals surface area contributed by atoms with Crippen molar-refractivity contribution in [1.82, 2.24) is 0 Å². The summed E-state index contributed by atoms with van der Waals surface area (Å²) in [6.07, 6.45) is 98.0. The minimum atomic E-state index is -0.825. The second-order valence-electron chi connectivity index (χ2n) is 23.1. The summed E-state index contributed by atoms with van der Waals surface area (Å²) in [6, 6.07) is 0. The van der Waals surface area contributed by atoms with E-state index in [0.717, 1.165) is 89.9 Å². The second-order valence-corrected chi connectivity index (χ2v) is 23.1. The van der Waals surface area contributed by atoms with Crippen LogP contribution in [-0.2, 0) is 28.6 Å². The number of esters is 3. The Morgan fingerprint density at radius 1 is 0.253 bits per heavy atom. The van der Waals surface area contributed by atoms with Gasteiger partial charge in [-0.1, -0.05) is 309 Å². The van der Waals surface area contributed by atoms with Crippen molar-refractivity contribution in [2.24, 2.45) is 0 Å². The van der Waals surface area contributed by atoms with Gasteiger partial charge in [-0.15, -0.1) is 0 Å². The molecule has 1 atom stereocenters. The average molecular weight is 1150 g/mol. The van der Waals surface area contributed by atoms with Crippen LogP contribution in [0, 0.1) is 0 Å². The van der Waals surface area contributed by atoms with Gasteiger partial charge in [0, 0.05) is 19.3 Å². The molecule has 0 aromatic heterocycles. The van der Waals surface area contributed by atoms with Crippen LogP contribution in [-0.4, -0.2) is 37.2 Å². The van der Waals surface area contributed by atoms with Gasteiger partial charge in [0.25, 0.3) is 0 Å². The van der Waals surface area contributed by atoms with E-state index in [4.69, 9.17) is 14.2 Å². The number of hydrogen-bond donors (Lipinski definition) is 0. The average Bonchev–Trinajstić information content (AvgIpc) is 3.50. The molecule has 0 N–H and O–H groups in total. The standard InChI is InChI=1S/C77H130O6/c1-4-7-10-13-16-19-22-25-28-31-34-35-36-37-38-39-40-41-44-46-49-52-55-58-61-64-67-70-76(79)82-73-74(83-77(80)71-68-65-62-59-56-53-50-47-43-33-30-27-24-21-18-15-12-9-6-3)72-81-75(78)69-66-63-60-57-54-51-48-45-42-32-29-26-23-20-17-14-11-8-5-2/h9,12,17-18,20-22,25-27,29-31,34,43,47,53,56,62,65,74H,4-8,10-11,13-16,19,23-24,28,32-33,35-42,44-46,48-52,54-55,57-61,63-64,66-73H2,1-3H3/b12-9-,20-17-,21-18-,25-22-,29-26-,30-27-,34-31-,47-43-,56-53-,65-62-. The molecular formula is C77H130O6. The Morgan fingerprint density at radius 3 is 0.807 bits per heavy atom. The topological polar surface area (TPSA) is 78.9 Å². The molecule has 0 aromatic carbocycles. The highest BCUT2D eigenvalue weighted by molar-refractivity contribution is 5.71. The predicted octanol–water partition coefficient (Wildman–Crippen LogP) is 24.3. The fourth-order valence-corrected chi connectivity index (χ4v) is 9.71. The number of rotatable bonds is 63. The van der Waals surface area contributed by atoms with Gasteiger partial charge in [0.05, 0.1) is 0 Å². The summed E-state index contributed by atoms with van der Waals surface area (Å²) < 4.78 is 16.9. The number of carbonyl (C=O) groups excluding carboxylic acids is 3. The lowest BCUT2D eigenvalue weighted by Crippen LogP contribution is -2.30. The lowest BCUT2D eigenvalue weighted by molar-refractivity contribution is -0.166. The van der Waals surface area contributed by atoms with E-state index in [9.17, 15) is 14.4 Å². The third-order valence-electron chi connectivity index (χ3n) is 14.9. The molecule has 0 rings (SSSR count). The van der Waals surface area contributed by atoms with Crippen LogP contribution in [0.25, 0.3) is 0 Å². The first kappa shape index (κ1) is 78.8. The van der Waals surface area contributed by atoms with Crippen LogP contribution in [0.2, 0.25) is 0 Å². The van der Waals surface area contributed by atoms with E-state index in [1.807, 2.05) is 6.08 Å². The molecule has 474 valence electrons. The van der Waals surface area contributed by atoms with Gasteiger partial charge in [0.15, 0.2) is 6.10 Å². The molecular weight excluding hydrogens is 1020 g/mol. The van der Waals surface area contributed by atoms with Gasteiger partial charge in [-0.25, -0.2) is 0 Å². The van der Waals surface area contributed by atoms with E-state index in [2.05, 4.69) is 136 Å². The molecule has 0 heterocycles. The lowest BCUT2D eigenvalue weighted by atomic mass is 10.0. The van der Waals surface area contributed by atoms with Gasteiger partial charge < -0.3 is 14.2 Å². The second kappa shape index (κ2) is 70.3. The van der Waals surface area contributed by atoms with Crippen molar-refractivity contribution < 1.29 is 28.6 Å². The first-order valence-electron chi connectivity index (χ1n) is 35.0. The van der Waals surface area contributed by atoms with Crippen molar-refractivity contribution in [1.29, 1.82) is 0 Å². The molecule has 0 aliphatic heterocycles. The van der Waals surface area contributed by atoms with Crippen LogP contribution >= 0.6 is 0 Å². The van der Waals surface area contributed by atoms with E-state index in [-0.39, 0.29) is 31.6 Å². The molecule has 0 aliphatic rings. The van der Waals surface area contributed by atoms with E-state index in [0.29, 0.717) is 19.3 Å². The SMILES string of the molecule is CC/C=C\C/C=C\C/C=C\C/C=C\C/C=C\C/C=C\CCC(=O)OC(COC(=O)CCCCCCCCCCC/C=C\C/C=C\CCCCC)COC(=O)CCCCCCCCCCCCCCCCC/C=C\C/C=C\CCCCCCC. The van der Waals surface area contributed by atoms with Crippen molar-refractivity contribution in [3.63, 3.8) is 0 Å². The number of ether oxygens (including phenoxy) is 3. The highest BCUT2D eigenvalue weighted by Crippen LogP contribution is 2.17. The lowest BCUT2D eigenvalue weighted by Gasteiger charge is -2.18. The van der Waals surface area contributed by atoms with Crippen LogP contribution in [0.15, 0.2) is 122 Å². The summed E-state index contributed by atoms with van der Waals surface area (Å²) >= 11 is 0.